The number of benzene rings is 2. The van der Waals surface area contributed by atoms with Crippen molar-refractivity contribution >= 4 is 17.3 Å². The number of hydrogen-bond acceptors (Lipinski definition) is 8. The molecule has 0 radical (unpaired) electrons. The number of nitrogens with zero attached hydrogens (tertiary/aromatic N) is 6. The summed E-state index contributed by atoms with van der Waals surface area (Å²) in [5.41, 5.74) is 5.04. The summed E-state index contributed by atoms with van der Waals surface area (Å²) in [5, 5.41) is 3.38. The zero-order valence-electron chi connectivity index (χ0n) is 22.9. The fourth-order valence-electron chi connectivity index (χ4n) is 5.38. The van der Waals surface area contributed by atoms with E-state index in [1.807, 2.05) is 85.2 Å². The fourth-order valence-corrected chi connectivity index (χ4v) is 5.38. The minimum Gasteiger partial charge on any atom is -0.473 e. The first-order valence-electron chi connectivity index (χ1n) is 14.0. The van der Waals surface area contributed by atoms with E-state index in [4.69, 9.17) is 19.4 Å². The summed E-state index contributed by atoms with van der Waals surface area (Å²) in [6.45, 7) is 5.73. The number of ether oxygens (including phenoxy) is 2. The highest BCUT2D eigenvalue weighted by Crippen LogP contribution is 2.36. The van der Waals surface area contributed by atoms with Gasteiger partial charge in [-0.05, 0) is 49.2 Å². The summed E-state index contributed by atoms with van der Waals surface area (Å²) in [4.78, 5) is 21.8. The second-order valence-electron chi connectivity index (χ2n) is 10.3. The number of aromatic nitrogens is 5. The van der Waals surface area contributed by atoms with E-state index in [1.165, 1.54) is 5.56 Å². The van der Waals surface area contributed by atoms with E-state index in [-0.39, 0.29) is 6.04 Å². The average molecular weight is 546 g/mol. The fraction of sp³-hybridized carbons (Fsp3) is 0.250. The lowest BCUT2D eigenvalue weighted by Crippen LogP contribution is -2.45. The third kappa shape index (κ3) is 5.24. The van der Waals surface area contributed by atoms with E-state index < -0.39 is 0 Å². The molecule has 41 heavy (non-hydrogen) atoms. The molecule has 2 aliphatic rings. The normalized spacial score (nSPS) is 16.1. The minimum atomic E-state index is 0.240. The summed E-state index contributed by atoms with van der Waals surface area (Å²) >= 11 is 0. The topological polar surface area (TPSA) is 90.2 Å². The van der Waals surface area contributed by atoms with Gasteiger partial charge in [0.2, 0.25) is 5.88 Å². The van der Waals surface area contributed by atoms with Crippen molar-refractivity contribution in [3.63, 3.8) is 0 Å². The van der Waals surface area contributed by atoms with E-state index in [0.717, 1.165) is 53.7 Å². The van der Waals surface area contributed by atoms with Gasteiger partial charge in [0.15, 0.2) is 11.6 Å². The lowest BCUT2D eigenvalue weighted by atomic mass is 10.0. The minimum absolute atomic E-state index is 0.240. The molecule has 1 atom stereocenters. The zero-order valence-corrected chi connectivity index (χ0v) is 22.9. The van der Waals surface area contributed by atoms with Crippen LogP contribution in [0.5, 0.6) is 5.88 Å². The molecule has 206 valence electrons. The number of anilines is 3. The maximum absolute atomic E-state index is 5.89. The molecular weight excluding hydrogens is 514 g/mol. The van der Waals surface area contributed by atoms with E-state index in [0.29, 0.717) is 37.3 Å². The first-order chi connectivity index (χ1) is 20.2. The van der Waals surface area contributed by atoms with Crippen LogP contribution in [0.4, 0.5) is 17.3 Å². The van der Waals surface area contributed by atoms with Crippen molar-refractivity contribution in [1.29, 1.82) is 0 Å². The molecule has 0 spiro atoms. The lowest BCUT2D eigenvalue weighted by Gasteiger charge is -2.36. The molecular formula is C32H31N7O2. The molecule has 0 saturated carbocycles. The molecule has 5 heterocycles. The zero-order chi connectivity index (χ0) is 27.6. The van der Waals surface area contributed by atoms with Gasteiger partial charge in [-0.25, -0.2) is 15.0 Å². The highest BCUT2D eigenvalue weighted by atomic mass is 16.5. The Hall–Kier alpha value is -4.76. The number of aryl methyl sites for hydroxylation is 1. The van der Waals surface area contributed by atoms with Crippen LogP contribution in [0.1, 0.15) is 18.1 Å². The Balaban J connectivity index is 1.14. The van der Waals surface area contributed by atoms with E-state index in [9.17, 15) is 0 Å². The Bertz CT molecular complexity index is 1650. The first kappa shape index (κ1) is 25.2. The van der Waals surface area contributed by atoms with Crippen LogP contribution in [0.15, 0.2) is 85.2 Å². The lowest BCUT2D eigenvalue weighted by molar-refractivity contribution is 0.0984. The highest BCUT2D eigenvalue weighted by Gasteiger charge is 2.29. The molecule has 2 aromatic carbocycles. The SMILES string of the molecule is CC1COCCN1c1nc(-c2ccc(Nc3cccc(OCc4ccccc4)n3)cc2)nc2c1CCn1ccnc1-2. The van der Waals surface area contributed by atoms with Crippen molar-refractivity contribution in [2.45, 2.75) is 32.5 Å². The van der Waals surface area contributed by atoms with Crippen molar-refractivity contribution in [3.05, 3.63) is 96.3 Å². The molecule has 1 N–H and O–H groups in total. The first-order valence-corrected chi connectivity index (χ1v) is 14.0. The standard InChI is InChI=1S/C32H31N7O2/c1-22-20-40-19-18-39(22)31-26-14-16-38-17-15-33-32(38)29(26)36-30(37-31)24-10-12-25(13-11-24)34-27-8-5-9-28(35-27)41-21-23-6-3-2-4-7-23/h2-13,15,17,22H,14,16,18-21H2,1H3,(H,34,35). The van der Waals surface area contributed by atoms with Crippen LogP contribution in [0.2, 0.25) is 0 Å². The van der Waals surface area contributed by atoms with Gasteiger partial charge in [0.25, 0.3) is 0 Å². The quantitative estimate of drug-likeness (QED) is 0.287. The molecule has 7 rings (SSSR count). The van der Waals surface area contributed by atoms with Crippen LogP contribution in [0, 0.1) is 0 Å². The Morgan fingerprint density at radius 2 is 1.83 bits per heavy atom. The Labute approximate surface area is 238 Å². The van der Waals surface area contributed by atoms with E-state index in [1.54, 1.807) is 0 Å². The Morgan fingerprint density at radius 1 is 0.951 bits per heavy atom. The van der Waals surface area contributed by atoms with E-state index in [2.05, 4.69) is 31.7 Å². The molecule has 5 aromatic rings. The van der Waals surface area contributed by atoms with Crippen LogP contribution >= 0.6 is 0 Å². The highest BCUT2D eigenvalue weighted by molar-refractivity contribution is 5.72. The summed E-state index contributed by atoms with van der Waals surface area (Å²) in [7, 11) is 0. The number of fused-ring (bicyclic) bond motifs is 3. The Morgan fingerprint density at radius 3 is 2.68 bits per heavy atom. The van der Waals surface area contributed by atoms with E-state index >= 15 is 0 Å². The molecule has 0 amide bonds. The molecule has 1 unspecified atom stereocenters. The third-order valence-electron chi connectivity index (χ3n) is 7.52. The van der Waals surface area contributed by atoms with Gasteiger partial charge in [-0.2, -0.15) is 4.98 Å². The van der Waals surface area contributed by atoms with Gasteiger partial charge >= 0.3 is 0 Å². The second kappa shape index (κ2) is 11.0. The van der Waals surface area contributed by atoms with Crippen molar-refractivity contribution in [2.24, 2.45) is 0 Å². The maximum atomic E-state index is 5.89. The number of rotatable bonds is 7. The molecule has 3 aromatic heterocycles. The molecule has 0 aliphatic carbocycles. The molecule has 9 nitrogen and oxygen atoms in total. The van der Waals surface area contributed by atoms with Gasteiger partial charge in [-0.15, -0.1) is 0 Å². The van der Waals surface area contributed by atoms with Crippen LogP contribution < -0.4 is 15.0 Å². The van der Waals surface area contributed by atoms with Crippen molar-refractivity contribution in [3.8, 4) is 28.8 Å². The molecule has 1 fully saturated rings. The summed E-state index contributed by atoms with van der Waals surface area (Å²) in [5.74, 6) is 3.87. The largest absolute Gasteiger partial charge is 0.473 e. The summed E-state index contributed by atoms with van der Waals surface area (Å²) in [6.07, 6.45) is 4.75. The number of hydrogen-bond donors (Lipinski definition) is 1. The van der Waals surface area contributed by atoms with Crippen LogP contribution in [0.3, 0.4) is 0 Å². The smallest absolute Gasteiger partial charge is 0.215 e. The van der Waals surface area contributed by atoms with Gasteiger partial charge in [0.05, 0.1) is 19.3 Å². The van der Waals surface area contributed by atoms with Crippen molar-refractivity contribution in [2.75, 3.05) is 30.0 Å². The average Bonchev–Trinajstić information content (AvgIpc) is 3.51. The molecule has 9 heteroatoms. The monoisotopic (exact) mass is 545 g/mol. The van der Waals surface area contributed by atoms with Crippen LogP contribution in [0.25, 0.3) is 22.9 Å². The maximum Gasteiger partial charge on any atom is 0.215 e. The number of morpholine rings is 1. The number of pyridine rings is 1. The van der Waals surface area contributed by atoms with Gasteiger partial charge in [0.1, 0.15) is 23.9 Å². The number of imidazole rings is 1. The van der Waals surface area contributed by atoms with Crippen LogP contribution in [-0.4, -0.2) is 50.3 Å². The number of nitrogens with one attached hydrogen (secondary N) is 1. The van der Waals surface area contributed by atoms with Crippen molar-refractivity contribution < 1.29 is 9.47 Å². The van der Waals surface area contributed by atoms with Gasteiger partial charge < -0.3 is 24.3 Å². The van der Waals surface area contributed by atoms with Gasteiger partial charge in [0, 0.05) is 48.4 Å². The third-order valence-corrected chi connectivity index (χ3v) is 7.52. The molecule has 0 bridgehead atoms. The Kier molecular flexibility index (Phi) is 6.78. The second-order valence-corrected chi connectivity index (χ2v) is 10.3. The van der Waals surface area contributed by atoms with Crippen molar-refractivity contribution in [1.82, 2.24) is 24.5 Å². The van der Waals surface area contributed by atoms with Crippen LogP contribution in [-0.2, 0) is 24.3 Å². The summed E-state index contributed by atoms with van der Waals surface area (Å²) in [6, 6.07) is 24.2. The van der Waals surface area contributed by atoms with Gasteiger partial charge in [-0.3, -0.25) is 0 Å². The summed E-state index contributed by atoms with van der Waals surface area (Å²) < 4.78 is 13.8. The molecule has 2 aliphatic heterocycles. The molecule has 1 saturated heterocycles. The predicted molar refractivity (Wildman–Crippen MR) is 158 cm³/mol. The predicted octanol–water partition coefficient (Wildman–Crippen LogP) is 5.51. The van der Waals surface area contributed by atoms with Gasteiger partial charge in [-0.1, -0.05) is 36.4 Å².